The molecular formula is C21H20N2O4S. The fourth-order valence-corrected chi connectivity index (χ4v) is 3.93. The third-order valence-corrected chi connectivity index (χ3v) is 6.06. The molecule has 3 aromatic carbocycles. The highest BCUT2D eigenvalue weighted by atomic mass is 32.2. The Morgan fingerprint density at radius 1 is 0.964 bits per heavy atom. The number of benzene rings is 3. The van der Waals surface area contributed by atoms with Crippen molar-refractivity contribution in [3.8, 4) is 5.75 Å². The van der Waals surface area contributed by atoms with Gasteiger partial charge in [0.2, 0.25) is 0 Å². The van der Waals surface area contributed by atoms with E-state index >= 15 is 0 Å². The third-order valence-electron chi connectivity index (χ3n) is 4.27. The van der Waals surface area contributed by atoms with Crippen LogP contribution in [0.2, 0.25) is 0 Å². The van der Waals surface area contributed by atoms with Crippen LogP contribution in [-0.4, -0.2) is 26.5 Å². The lowest BCUT2D eigenvalue weighted by Crippen LogP contribution is -2.29. The van der Waals surface area contributed by atoms with Crippen LogP contribution >= 0.6 is 0 Å². The second-order valence-corrected chi connectivity index (χ2v) is 8.28. The summed E-state index contributed by atoms with van der Waals surface area (Å²) >= 11 is 0. The molecule has 0 saturated heterocycles. The summed E-state index contributed by atoms with van der Waals surface area (Å²) in [7, 11) is -2.42. The quantitative estimate of drug-likeness (QED) is 0.687. The van der Waals surface area contributed by atoms with Gasteiger partial charge in [-0.3, -0.25) is 9.10 Å². The molecule has 0 saturated carbocycles. The Kier molecular flexibility index (Phi) is 5.37. The number of rotatable bonds is 5. The normalized spacial score (nSPS) is 11.1. The van der Waals surface area contributed by atoms with Crippen LogP contribution in [0.1, 0.15) is 15.9 Å². The number of hydrogen-bond donors (Lipinski definition) is 2. The number of phenols is 1. The standard InChI is InChI=1S/C21H20N2O4S/c1-15-10-12-18(13-11-15)28(26,27)23(2)20-9-4-3-8-19(20)21(25)22-16-6-5-7-17(24)14-16/h3-14,24H,1-2H3,(H,22,25). The molecule has 0 fully saturated rings. The number of para-hydroxylation sites is 1. The van der Waals surface area contributed by atoms with E-state index in [0.29, 0.717) is 5.69 Å². The molecule has 1 amide bonds. The van der Waals surface area contributed by atoms with E-state index in [1.807, 2.05) is 6.92 Å². The number of phenolic OH excluding ortho intramolecular Hbond substituents is 1. The number of amides is 1. The second-order valence-electron chi connectivity index (χ2n) is 6.31. The highest BCUT2D eigenvalue weighted by Gasteiger charge is 2.25. The van der Waals surface area contributed by atoms with Gasteiger partial charge in [0, 0.05) is 18.8 Å². The van der Waals surface area contributed by atoms with Crippen molar-refractivity contribution in [2.75, 3.05) is 16.7 Å². The maximum atomic E-state index is 13.0. The molecule has 28 heavy (non-hydrogen) atoms. The van der Waals surface area contributed by atoms with Crippen molar-refractivity contribution in [2.24, 2.45) is 0 Å². The zero-order valence-corrected chi connectivity index (χ0v) is 16.3. The predicted molar refractivity (Wildman–Crippen MR) is 109 cm³/mol. The molecule has 0 heterocycles. The average Bonchev–Trinajstić information content (AvgIpc) is 2.67. The van der Waals surface area contributed by atoms with Crippen molar-refractivity contribution >= 4 is 27.3 Å². The number of aromatic hydroxyl groups is 1. The number of nitrogens with one attached hydrogen (secondary N) is 1. The third kappa shape index (κ3) is 3.99. The molecule has 6 nitrogen and oxygen atoms in total. The van der Waals surface area contributed by atoms with Gasteiger partial charge in [-0.15, -0.1) is 0 Å². The molecule has 0 aliphatic heterocycles. The van der Waals surface area contributed by atoms with E-state index in [2.05, 4.69) is 5.32 Å². The Morgan fingerprint density at radius 3 is 2.32 bits per heavy atom. The Balaban J connectivity index is 1.95. The molecule has 0 aliphatic carbocycles. The minimum absolute atomic E-state index is 0.0187. The molecule has 3 aromatic rings. The summed E-state index contributed by atoms with van der Waals surface area (Å²) in [6.07, 6.45) is 0. The first-order chi connectivity index (χ1) is 13.3. The Bertz CT molecular complexity index is 1110. The Labute approximate surface area is 164 Å². The highest BCUT2D eigenvalue weighted by molar-refractivity contribution is 7.92. The molecule has 0 bridgehead atoms. The Morgan fingerprint density at radius 2 is 1.64 bits per heavy atom. The van der Waals surface area contributed by atoms with Crippen molar-refractivity contribution < 1.29 is 18.3 Å². The van der Waals surface area contributed by atoms with Crippen molar-refractivity contribution in [1.29, 1.82) is 0 Å². The predicted octanol–water partition coefficient (Wildman–Crippen LogP) is 3.78. The molecular weight excluding hydrogens is 376 g/mol. The van der Waals surface area contributed by atoms with E-state index in [1.165, 1.54) is 31.3 Å². The summed E-state index contributed by atoms with van der Waals surface area (Å²) in [6, 6.07) is 19.1. The van der Waals surface area contributed by atoms with E-state index in [9.17, 15) is 18.3 Å². The SMILES string of the molecule is Cc1ccc(S(=O)(=O)N(C)c2ccccc2C(=O)Nc2cccc(O)c2)cc1. The van der Waals surface area contributed by atoms with Gasteiger partial charge in [-0.1, -0.05) is 35.9 Å². The minimum Gasteiger partial charge on any atom is -0.508 e. The summed E-state index contributed by atoms with van der Waals surface area (Å²) in [5.41, 5.74) is 1.81. The fourth-order valence-electron chi connectivity index (χ4n) is 2.72. The number of carbonyl (C=O) groups is 1. The molecule has 144 valence electrons. The first-order valence-electron chi connectivity index (χ1n) is 8.54. The molecule has 0 unspecified atom stereocenters. The van der Waals surface area contributed by atoms with Crippen LogP contribution in [0.4, 0.5) is 11.4 Å². The zero-order chi connectivity index (χ0) is 20.3. The zero-order valence-electron chi connectivity index (χ0n) is 15.5. The first-order valence-corrected chi connectivity index (χ1v) is 9.98. The fraction of sp³-hybridized carbons (Fsp3) is 0.0952. The number of hydrogen-bond acceptors (Lipinski definition) is 4. The van der Waals surface area contributed by atoms with Crippen LogP contribution in [0.25, 0.3) is 0 Å². The van der Waals surface area contributed by atoms with Crippen LogP contribution in [0.3, 0.4) is 0 Å². The summed E-state index contributed by atoms with van der Waals surface area (Å²) in [5, 5.41) is 12.2. The van der Waals surface area contributed by atoms with Gasteiger partial charge in [-0.25, -0.2) is 8.42 Å². The van der Waals surface area contributed by atoms with E-state index < -0.39 is 15.9 Å². The van der Waals surface area contributed by atoms with Gasteiger partial charge in [0.15, 0.2) is 0 Å². The molecule has 7 heteroatoms. The molecule has 0 aliphatic rings. The number of nitrogens with zero attached hydrogens (tertiary/aromatic N) is 1. The van der Waals surface area contributed by atoms with Crippen LogP contribution in [-0.2, 0) is 10.0 Å². The van der Waals surface area contributed by atoms with Crippen LogP contribution in [0.5, 0.6) is 5.75 Å². The molecule has 0 atom stereocenters. The first kappa shape index (κ1) is 19.4. The second kappa shape index (κ2) is 7.74. The van der Waals surface area contributed by atoms with Gasteiger partial charge in [0.1, 0.15) is 5.75 Å². The molecule has 0 aromatic heterocycles. The maximum Gasteiger partial charge on any atom is 0.264 e. The lowest BCUT2D eigenvalue weighted by Gasteiger charge is -2.22. The van der Waals surface area contributed by atoms with Gasteiger partial charge in [0.05, 0.1) is 16.1 Å². The maximum absolute atomic E-state index is 13.0. The van der Waals surface area contributed by atoms with Crippen LogP contribution in [0, 0.1) is 6.92 Å². The van der Waals surface area contributed by atoms with Crippen molar-refractivity contribution in [3.05, 3.63) is 83.9 Å². The summed E-state index contributed by atoms with van der Waals surface area (Å²) in [6.45, 7) is 1.88. The molecule has 0 radical (unpaired) electrons. The summed E-state index contributed by atoms with van der Waals surface area (Å²) in [4.78, 5) is 12.9. The monoisotopic (exact) mass is 396 g/mol. The minimum atomic E-state index is -3.83. The molecule has 0 spiro atoms. The summed E-state index contributed by atoms with van der Waals surface area (Å²) in [5.74, 6) is -0.461. The topological polar surface area (TPSA) is 86.7 Å². The van der Waals surface area contributed by atoms with E-state index in [0.717, 1.165) is 9.87 Å². The van der Waals surface area contributed by atoms with Gasteiger partial charge in [0.25, 0.3) is 15.9 Å². The van der Waals surface area contributed by atoms with E-state index in [4.69, 9.17) is 0 Å². The summed E-state index contributed by atoms with van der Waals surface area (Å²) < 4.78 is 27.1. The van der Waals surface area contributed by atoms with E-state index in [1.54, 1.807) is 48.5 Å². The smallest absolute Gasteiger partial charge is 0.264 e. The largest absolute Gasteiger partial charge is 0.508 e. The van der Waals surface area contributed by atoms with Gasteiger partial charge < -0.3 is 10.4 Å². The number of anilines is 2. The van der Waals surface area contributed by atoms with Crippen molar-refractivity contribution in [1.82, 2.24) is 0 Å². The number of aryl methyl sites for hydroxylation is 1. The lowest BCUT2D eigenvalue weighted by molar-refractivity contribution is 0.102. The van der Waals surface area contributed by atoms with Gasteiger partial charge in [-0.2, -0.15) is 0 Å². The van der Waals surface area contributed by atoms with Gasteiger partial charge >= 0.3 is 0 Å². The van der Waals surface area contributed by atoms with Crippen molar-refractivity contribution in [2.45, 2.75) is 11.8 Å². The average molecular weight is 396 g/mol. The lowest BCUT2D eigenvalue weighted by atomic mass is 10.1. The number of carbonyl (C=O) groups excluding carboxylic acids is 1. The van der Waals surface area contributed by atoms with Crippen LogP contribution in [0.15, 0.2) is 77.7 Å². The van der Waals surface area contributed by atoms with E-state index in [-0.39, 0.29) is 21.9 Å². The molecule has 2 N–H and O–H groups in total. The highest BCUT2D eigenvalue weighted by Crippen LogP contribution is 2.27. The van der Waals surface area contributed by atoms with Crippen LogP contribution < -0.4 is 9.62 Å². The Hall–Kier alpha value is -3.32. The van der Waals surface area contributed by atoms with Gasteiger partial charge in [-0.05, 0) is 43.3 Å². The van der Waals surface area contributed by atoms with Crippen molar-refractivity contribution in [3.63, 3.8) is 0 Å². The number of sulfonamides is 1. The molecule has 3 rings (SSSR count).